The summed E-state index contributed by atoms with van der Waals surface area (Å²) in [6.07, 6.45) is 1.000. The lowest BCUT2D eigenvalue weighted by atomic mass is 10.1. The molecule has 0 radical (unpaired) electrons. The Kier molecular flexibility index (Phi) is 6.10. The molecule has 2 aromatic carbocycles. The van der Waals surface area contributed by atoms with Gasteiger partial charge < -0.3 is 10.1 Å². The maximum absolute atomic E-state index is 11.9. The van der Waals surface area contributed by atoms with Crippen LogP contribution >= 0.6 is 23.2 Å². The van der Waals surface area contributed by atoms with Gasteiger partial charge in [-0.05, 0) is 35.7 Å². The van der Waals surface area contributed by atoms with E-state index in [0.717, 1.165) is 23.3 Å². The van der Waals surface area contributed by atoms with Gasteiger partial charge in [0, 0.05) is 6.54 Å². The number of hydrogen-bond donors (Lipinski definition) is 1. The molecule has 22 heavy (non-hydrogen) atoms. The molecule has 0 aliphatic heterocycles. The van der Waals surface area contributed by atoms with Gasteiger partial charge in [-0.25, -0.2) is 0 Å². The van der Waals surface area contributed by atoms with E-state index in [1.165, 1.54) is 0 Å². The molecule has 0 spiro atoms. The number of ether oxygens (including phenoxy) is 1. The first-order valence-corrected chi connectivity index (χ1v) is 7.68. The monoisotopic (exact) mass is 337 g/mol. The molecule has 2 rings (SSSR count). The van der Waals surface area contributed by atoms with Crippen molar-refractivity contribution in [2.75, 3.05) is 13.7 Å². The molecule has 116 valence electrons. The largest absolute Gasteiger partial charge is 0.496 e. The second-order valence-electron chi connectivity index (χ2n) is 4.84. The highest BCUT2D eigenvalue weighted by Crippen LogP contribution is 2.22. The van der Waals surface area contributed by atoms with E-state index in [0.29, 0.717) is 16.6 Å². The van der Waals surface area contributed by atoms with E-state index in [-0.39, 0.29) is 12.3 Å². The molecule has 0 unspecified atom stereocenters. The van der Waals surface area contributed by atoms with Crippen molar-refractivity contribution in [3.05, 3.63) is 63.6 Å². The summed E-state index contributed by atoms with van der Waals surface area (Å²) in [4.78, 5) is 11.9. The average molecular weight is 338 g/mol. The fourth-order valence-electron chi connectivity index (χ4n) is 2.14. The third-order valence-corrected chi connectivity index (χ3v) is 4.00. The zero-order chi connectivity index (χ0) is 15.9. The number of rotatable bonds is 6. The SMILES string of the molecule is COc1ccccc1CCNC(=O)Cc1ccc(Cl)c(Cl)c1. The standard InChI is InChI=1S/C17H17Cl2NO2/c1-22-16-5-3-2-4-13(16)8-9-20-17(21)11-12-6-7-14(18)15(19)10-12/h2-7,10H,8-9,11H2,1H3,(H,20,21). The Labute approximate surface area is 140 Å². The fraction of sp³-hybridized carbons (Fsp3) is 0.235. The fourth-order valence-corrected chi connectivity index (χ4v) is 2.46. The van der Waals surface area contributed by atoms with Crippen molar-refractivity contribution in [3.63, 3.8) is 0 Å². The molecule has 0 saturated heterocycles. The van der Waals surface area contributed by atoms with Gasteiger partial charge in [-0.15, -0.1) is 0 Å². The molecule has 0 aromatic heterocycles. The molecule has 5 heteroatoms. The van der Waals surface area contributed by atoms with Crippen LogP contribution in [0.1, 0.15) is 11.1 Å². The molecular weight excluding hydrogens is 321 g/mol. The Balaban J connectivity index is 1.84. The van der Waals surface area contributed by atoms with Crippen LogP contribution in [0.5, 0.6) is 5.75 Å². The minimum atomic E-state index is -0.0479. The van der Waals surface area contributed by atoms with Crippen LogP contribution in [0.25, 0.3) is 0 Å². The van der Waals surface area contributed by atoms with E-state index in [4.69, 9.17) is 27.9 Å². The third kappa shape index (κ3) is 4.65. The number of benzene rings is 2. The van der Waals surface area contributed by atoms with Gasteiger partial charge >= 0.3 is 0 Å². The van der Waals surface area contributed by atoms with E-state index in [1.54, 1.807) is 25.3 Å². The van der Waals surface area contributed by atoms with Crippen molar-refractivity contribution in [1.29, 1.82) is 0 Å². The Morgan fingerprint density at radius 1 is 1.14 bits per heavy atom. The van der Waals surface area contributed by atoms with Crippen molar-refractivity contribution in [2.45, 2.75) is 12.8 Å². The van der Waals surface area contributed by atoms with Gasteiger partial charge in [-0.2, -0.15) is 0 Å². The van der Waals surface area contributed by atoms with Crippen molar-refractivity contribution < 1.29 is 9.53 Å². The van der Waals surface area contributed by atoms with Gasteiger partial charge in [0.1, 0.15) is 5.75 Å². The third-order valence-electron chi connectivity index (χ3n) is 3.26. The number of hydrogen-bond acceptors (Lipinski definition) is 2. The summed E-state index contributed by atoms with van der Waals surface area (Å²) in [5, 5.41) is 3.84. The first-order valence-electron chi connectivity index (χ1n) is 6.92. The van der Waals surface area contributed by atoms with E-state index in [1.807, 2.05) is 24.3 Å². The molecule has 2 aromatic rings. The van der Waals surface area contributed by atoms with E-state index >= 15 is 0 Å². The van der Waals surface area contributed by atoms with Crippen LogP contribution in [-0.2, 0) is 17.6 Å². The highest BCUT2D eigenvalue weighted by molar-refractivity contribution is 6.42. The van der Waals surface area contributed by atoms with Gasteiger partial charge in [0.25, 0.3) is 0 Å². The summed E-state index contributed by atoms with van der Waals surface area (Å²) in [6.45, 7) is 0.556. The minimum absolute atomic E-state index is 0.0479. The predicted octanol–water partition coefficient (Wildman–Crippen LogP) is 3.90. The van der Waals surface area contributed by atoms with E-state index < -0.39 is 0 Å². The lowest BCUT2D eigenvalue weighted by Gasteiger charge is -2.09. The summed E-state index contributed by atoms with van der Waals surface area (Å²) in [6, 6.07) is 13.0. The Morgan fingerprint density at radius 3 is 2.64 bits per heavy atom. The summed E-state index contributed by atoms with van der Waals surface area (Å²) in [5.41, 5.74) is 1.91. The molecule has 0 fully saturated rings. The first-order chi connectivity index (χ1) is 10.6. The summed E-state index contributed by atoms with van der Waals surface area (Å²) in [7, 11) is 1.64. The van der Waals surface area contributed by atoms with Crippen LogP contribution in [0.3, 0.4) is 0 Å². The first kappa shape index (κ1) is 16.7. The Bertz CT molecular complexity index is 659. The van der Waals surface area contributed by atoms with Crippen LogP contribution in [0.2, 0.25) is 10.0 Å². The quantitative estimate of drug-likeness (QED) is 0.867. The maximum Gasteiger partial charge on any atom is 0.224 e. The molecule has 0 atom stereocenters. The molecule has 0 heterocycles. The Morgan fingerprint density at radius 2 is 1.91 bits per heavy atom. The van der Waals surface area contributed by atoms with Crippen LogP contribution < -0.4 is 10.1 Å². The summed E-state index contributed by atoms with van der Waals surface area (Å²) >= 11 is 11.8. The number of para-hydroxylation sites is 1. The predicted molar refractivity (Wildman–Crippen MR) is 89.9 cm³/mol. The maximum atomic E-state index is 11.9. The van der Waals surface area contributed by atoms with Gasteiger partial charge in [0.05, 0.1) is 23.6 Å². The molecule has 3 nitrogen and oxygen atoms in total. The second-order valence-corrected chi connectivity index (χ2v) is 5.65. The normalized spacial score (nSPS) is 10.3. The molecule has 0 aliphatic carbocycles. The zero-order valence-corrected chi connectivity index (χ0v) is 13.7. The van der Waals surface area contributed by atoms with Crippen molar-refractivity contribution in [3.8, 4) is 5.75 Å². The highest BCUT2D eigenvalue weighted by Gasteiger charge is 2.06. The van der Waals surface area contributed by atoms with Crippen LogP contribution in [0.4, 0.5) is 0 Å². The van der Waals surface area contributed by atoms with Gasteiger partial charge in [-0.3, -0.25) is 4.79 Å². The van der Waals surface area contributed by atoms with Crippen molar-refractivity contribution in [1.82, 2.24) is 5.32 Å². The van der Waals surface area contributed by atoms with E-state index in [9.17, 15) is 4.79 Å². The van der Waals surface area contributed by atoms with Crippen LogP contribution in [-0.4, -0.2) is 19.6 Å². The van der Waals surface area contributed by atoms with E-state index in [2.05, 4.69) is 5.32 Å². The number of nitrogens with one attached hydrogen (secondary N) is 1. The number of amides is 1. The molecule has 1 amide bonds. The molecule has 1 N–H and O–H groups in total. The smallest absolute Gasteiger partial charge is 0.224 e. The van der Waals surface area contributed by atoms with Gasteiger partial charge in [0.2, 0.25) is 5.91 Å². The van der Waals surface area contributed by atoms with Crippen LogP contribution in [0, 0.1) is 0 Å². The molecule has 0 bridgehead atoms. The Hall–Kier alpha value is -1.71. The molecular formula is C17H17Cl2NO2. The zero-order valence-electron chi connectivity index (χ0n) is 12.2. The van der Waals surface area contributed by atoms with Crippen molar-refractivity contribution >= 4 is 29.1 Å². The number of carbonyl (C=O) groups is 1. The highest BCUT2D eigenvalue weighted by atomic mass is 35.5. The summed E-state index contributed by atoms with van der Waals surface area (Å²) < 4.78 is 5.28. The minimum Gasteiger partial charge on any atom is -0.496 e. The van der Waals surface area contributed by atoms with Gasteiger partial charge in [-0.1, -0.05) is 47.5 Å². The number of methoxy groups -OCH3 is 1. The van der Waals surface area contributed by atoms with Crippen molar-refractivity contribution in [2.24, 2.45) is 0 Å². The number of carbonyl (C=O) groups excluding carboxylic acids is 1. The second kappa shape index (κ2) is 8.06. The summed E-state index contributed by atoms with van der Waals surface area (Å²) in [5.74, 6) is 0.787. The van der Waals surface area contributed by atoms with Gasteiger partial charge in [0.15, 0.2) is 0 Å². The lowest BCUT2D eigenvalue weighted by Crippen LogP contribution is -2.27. The van der Waals surface area contributed by atoms with Crippen LogP contribution in [0.15, 0.2) is 42.5 Å². The molecule has 0 aliphatic rings. The molecule has 0 saturated carbocycles. The topological polar surface area (TPSA) is 38.3 Å². The number of halogens is 2. The average Bonchev–Trinajstić information content (AvgIpc) is 2.51. The lowest BCUT2D eigenvalue weighted by molar-refractivity contribution is -0.120.